The van der Waals surface area contributed by atoms with Gasteiger partial charge in [-0.2, -0.15) is 0 Å². The molecule has 142 valence electrons. The van der Waals surface area contributed by atoms with Crippen molar-refractivity contribution in [3.8, 4) is 0 Å². The lowest BCUT2D eigenvalue weighted by Crippen LogP contribution is -2.52. The first kappa shape index (κ1) is 21.9. The maximum atomic E-state index is 13.9. The largest absolute Gasteiger partial charge is 0.366 e. The molecule has 25 heavy (non-hydrogen) atoms. The second-order valence-electron chi connectivity index (χ2n) is 5.88. The van der Waals surface area contributed by atoms with E-state index in [0.717, 1.165) is 19.0 Å². The summed E-state index contributed by atoms with van der Waals surface area (Å²) in [5.41, 5.74) is 0.633. The fourth-order valence-corrected chi connectivity index (χ4v) is 3.40. The predicted octanol–water partition coefficient (Wildman–Crippen LogP) is 1.58. The molecule has 1 saturated heterocycles. The van der Waals surface area contributed by atoms with E-state index in [2.05, 4.69) is 15.2 Å². The van der Waals surface area contributed by atoms with Gasteiger partial charge in [0.05, 0.1) is 11.4 Å². The van der Waals surface area contributed by atoms with Crippen LogP contribution in [0.25, 0.3) is 0 Å². The van der Waals surface area contributed by atoms with Crippen molar-refractivity contribution in [3.63, 3.8) is 0 Å². The van der Waals surface area contributed by atoms with E-state index < -0.39 is 9.84 Å². The molecular weight excluding hydrogens is 458 g/mol. The number of para-hydroxylation sites is 1. The number of hydrogen-bond donors (Lipinski definition) is 1. The highest BCUT2D eigenvalue weighted by Gasteiger charge is 2.21. The maximum absolute atomic E-state index is 13.9. The second-order valence-corrected chi connectivity index (χ2v) is 8.14. The van der Waals surface area contributed by atoms with E-state index >= 15 is 0 Å². The van der Waals surface area contributed by atoms with Crippen LogP contribution in [-0.4, -0.2) is 71.1 Å². The third-order valence-electron chi connectivity index (χ3n) is 3.96. The molecular formula is C16H26FIN4O2S. The van der Waals surface area contributed by atoms with Gasteiger partial charge < -0.3 is 15.1 Å². The van der Waals surface area contributed by atoms with Gasteiger partial charge in [-0.05, 0) is 18.6 Å². The third kappa shape index (κ3) is 6.96. The van der Waals surface area contributed by atoms with Gasteiger partial charge >= 0.3 is 0 Å². The number of anilines is 1. The quantitative estimate of drug-likeness (QED) is 0.298. The summed E-state index contributed by atoms with van der Waals surface area (Å²) in [6.07, 6.45) is 1.79. The van der Waals surface area contributed by atoms with Gasteiger partial charge in [-0.1, -0.05) is 12.1 Å². The van der Waals surface area contributed by atoms with Crippen LogP contribution in [0.5, 0.6) is 0 Å². The Balaban J connectivity index is 0.00000312. The molecule has 1 N–H and O–H groups in total. The Morgan fingerprint density at radius 3 is 2.44 bits per heavy atom. The standard InChI is InChI=1S/C16H25FN4O2S.HI/c1-18-16(19-8-5-13-24(2,22)23)21-11-9-20(10-12-21)15-7-4-3-6-14(15)17;/h3-4,6-7H,5,8-13H2,1-2H3,(H,18,19);1H. The third-order valence-corrected chi connectivity index (χ3v) is 4.99. The molecule has 9 heteroatoms. The fraction of sp³-hybridized carbons (Fsp3) is 0.562. The molecule has 1 heterocycles. The number of aliphatic imine (C=N–C) groups is 1. The normalized spacial score (nSPS) is 15.7. The van der Waals surface area contributed by atoms with Crippen LogP contribution in [0.1, 0.15) is 6.42 Å². The van der Waals surface area contributed by atoms with Crippen LogP contribution in [0, 0.1) is 5.82 Å². The molecule has 1 aliphatic heterocycles. The molecule has 0 bridgehead atoms. The van der Waals surface area contributed by atoms with Crippen LogP contribution >= 0.6 is 24.0 Å². The summed E-state index contributed by atoms with van der Waals surface area (Å²) in [5, 5.41) is 3.20. The summed E-state index contributed by atoms with van der Waals surface area (Å²) in [4.78, 5) is 8.39. The zero-order valence-electron chi connectivity index (χ0n) is 14.6. The minimum absolute atomic E-state index is 0. The van der Waals surface area contributed by atoms with Crippen molar-refractivity contribution >= 4 is 45.5 Å². The van der Waals surface area contributed by atoms with Gasteiger partial charge in [0.25, 0.3) is 0 Å². The van der Waals surface area contributed by atoms with Gasteiger partial charge in [-0.25, -0.2) is 12.8 Å². The highest BCUT2D eigenvalue weighted by molar-refractivity contribution is 14.0. The number of hydrogen-bond acceptors (Lipinski definition) is 4. The molecule has 1 aromatic carbocycles. The second kappa shape index (κ2) is 10.1. The van der Waals surface area contributed by atoms with E-state index in [4.69, 9.17) is 0 Å². The van der Waals surface area contributed by atoms with Gasteiger partial charge in [0, 0.05) is 46.0 Å². The van der Waals surface area contributed by atoms with Crippen molar-refractivity contribution in [2.75, 3.05) is 56.7 Å². The molecule has 0 radical (unpaired) electrons. The van der Waals surface area contributed by atoms with Crippen molar-refractivity contribution in [1.29, 1.82) is 0 Å². The Hall–Kier alpha value is -1.10. The number of nitrogens with one attached hydrogen (secondary N) is 1. The van der Waals surface area contributed by atoms with E-state index in [9.17, 15) is 12.8 Å². The molecule has 1 aliphatic rings. The number of sulfone groups is 1. The molecule has 0 unspecified atom stereocenters. The molecule has 1 aromatic rings. The smallest absolute Gasteiger partial charge is 0.193 e. The zero-order valence-corrected chi connectivity index (χ0v) is 17.8. The minimum atomic E-state index is -2.93. The Labute approximate surface area is 166 Å². The van der Waals surface area contributed by atoms with Gasteiger partial charge in [0.2, 0.25) is 0 Å². The first-order valence-corrected chi connectivity index (χ1v) is 10.1. The summed E-state index contributed by atoms with van der Waals surface area (Å²) < 4.78 is 36.1. The number of nitrogens with zero attached hydrogens (tertiary/aromatic N) is 3. The zero-order chi connectivity index (χ0) is 17.6. The Bertz CT molecular complexity index is 676. The Morgan fingerprint density at radius 2 is 1.88 bits per heavy atom. The van der Waals surface area contributed by atoms with Crippen LogP contribution in [-0.2, 0) is 9.84 Å². The lowest BCUT2D eigenvalue weighted by atomic mass is 10.2. The predicted molar refractivity (Wildman–Crippen MR) is 111 cm³/mol. The van der Waals surface area contributed by atoms with E-state index in [0.29, 0.717) is 31.7 Å². The molecule has 0 saturated carbocycles. The highest BCUT2D eigenvalue weighted by Crippen LogP contribution is 2.20. The van der Waals surface area contributed by atoms with Crippen molar-refractivity contribution in [2.24, 2.45) is 4.99 Å². The van der Waals surface area contributed by atoms with E-state index in [1.807, 2.05) is 11.0 Å². The monoisotopic (exact) mass is 484 g/mol. The number of piperazine rings is 1. The Kier molecular flexibility index (Phi) is 8.91. The molecule has 1 fully saturated rings. The number of benzene rings is 1. The molecule has 0 amide bonds. The minimum Gasteiger partial charge on any atom is -0.366 e. The summed E-state index contributed by atoms with van der Waals surface area (Å²) in [6.45, 7) is 3.46. The topological polar surface area (TPSA) is 65.0 Å². The summed E-state index contributed by atoms with van der Waals surface area (Å²) >= 11 is 0. The first-order chi connectivity index (χ1) is 11.4. The lowest BCUT2D eigenvalue weighted by molar-refractivity contribution is 0.371. The average Bonchev–Trinajstić information content (AvgIpc) is 2.55. The molecule has 0 aromatic heterocycles. The number of rotatable bonds is 5. The SMILES string of the molecule is CN=C(NCCCS(C)(=O)=O)N1CCN(c2ccccc2F)CC1.I. The highest BCUT2D eigenvalue weighted by atomic mass is 127. The van der Waals surface area contributed by atoms with E-state index in [1.54, 1.807) is 19.2 Å². The number of halogens is 2. The van der Waals surface area contributed by atoms with E-state index in [-0.39, 0.29) is 35.5 Å². The average molecular weight is 484 g/mol. The van der Waals surface area contributed by atoms with Gasteiger partial charge in [0.1, 0.15) is 15.7 Å². The van der Waals surface area contributed by atoms with Crippen LogP contribution in [0.15, 0.2) is 29.3 Å². The fourth-order valence-electron chi connectivity index (χ4n) is 2.73. The molecule has 0 atom stereocenters. The summed E-state index contributed by atoms with van der Waals surface area (Å²) in [5.74, 6) is 0.726. The van der Waals surface area contributed by atoms with Crippen LogP contribution in [0.3, 0.4) is 0 Å². The van der Waals surface area contributed by atoms with Crippen LogP contribution < -0.4 is 10.2 Å². The van der Waals surface area contributed by atoms with Crippen LogP contribution in [0.2, 0.25) is 0 Å². The number of guanidine groups is 1. The van der Waals surface area contributed by atoms with Crippen molar-refractivity contribution in [2.45, 2.75) is 6.42 Å². The first-order valence-electron chi connectivity index (χ1n) is 8.03. The van der Waals surface area contributed by atoms with Crippen LogP contribution in [0.4, 0.5) is 10.1 Å². The lowest BCUT2D eigenvalue weighted by Gasteiger charge is -2.37. The van der Waals surface area contributed by atoms with Crippen molar-refractivity contribution in [3.05, 3.63) is 30.1 Å². The maximum Gasteiger partial charge on any atom is 0.193 e. The van der Waals surface area contributed by atoms with Gasteiger partial charge in [-0.3, -0.25) is 4.99 Å². The van der Waals surface area contributed by atoms with Gasteiger partial charge in [-0.15, -0.1) is 24.0 Å². The summed E-state index contributed by atoms with van der Waals surface area (Å²) in [7, 11) is -1.22. The summed E-state index contributed by atoms with van der Waals surface area (Å²) in [6, 6.07) is 6.80. The van der Waals surface area contributed by atoms with Gasteiger partial charge in [0.15, 0.2) is 5.96 Å². The molecule has 0 spiro atoms. The molecule has 0 aliphatic carbocycles. The Morgan fingerprint density at radius 1 is 1.24 bits per heavy atom. The van der Waals surface area contributed by atoms with E-state index in [1.165, 1.54) is 12.3 Å². The molecule has 6 nitrogen and oxygen atoms in total. The van der Waals surface area contributed by atoms with Crippen molar-refractivity contribution in [1.82, 2.24) is 10.2 Å². The molecule has 2 rings (SSSR count). The van der Waals surface area contributed by atoms with Crippen molar-refractivity contribution < 1.29 is 12.8 Å².